The minimum atomic E-state index is -0.540. The van der Waals surface area contributed by atoms with E-state index in [1.54, 1.807) is 7.11 Å². The van der Waals surface area contributed by atoms with Crippen LogP contribution in [0.25, 0.3) is 33.6 Å². The number of carbonyl (C=O) groups excluding carboxylic acids is 1. The van der Waals surface area contributed by atoms with Gasteiger partial charge in [-0.3, -0.25) is 0 Å². The van der Waals surface area contributed by atoms with Crippen LogP contribution >= 0.6 is 0 Å². The Balaban J connectivity index is 1.43. The molecule has 8 nitrogen and oxygen atoms in total. The number of aromatic nitrogens is 2. The first kappa shape index (κ1) is 26.7. The highest BCUT2D eigenvalue weighted by Gasteiger charge is 2.29. The maximum absolute atomic E-state index is 12.1. The molecule has 0 N–H and O–H groups in total. The number of rotatable bonds is 8. The van der Waals surface area contributed by atoms with E-state index in [9.17, 15) is 4.79 Å². The van der Waals surface area contributed by atoms with E-state index < -0.39 is 5.60 Å². The van der Waals surface area contributed by atoms with Gasteiger partial charge in [0, 0.05) is 17.5 Å². The Morgan fingerprint density at radius 3 is 2.44 bits per heavy atom. The van der Waals surface area contributed by atoms with Crippen molar-refractivity contribution in [3.05, 3.63) is 60.9 Å². The molecule has 1 saturated carbocycles. The van der Waals surface area contributed by atoms with Crippen LogP contribution < -0.4 is 9.47 Å². The fourth-order valence-electron chi connectivity index (χ4n) is 4.90. The van der Waals surface area contributed by atoms with E-state index in [0.717, 1.165) is 47.1 Å². The fraction of sp³-hybridized carbons (Fsp3) is 0.387. The van der Waals surface area contributed by atoms with Gasteiger partial charge in [-0.2, -0.15) is 0 Å². The van der Waals surface area contributed by atoms with Crippen LogP contribution in [-0.4, -0.2) is 47.5 Å². The van der Waals surface area contributed by atoms with Crippen molar-refractivity contribution < 1.29 is 28.2 Å². The van der Waals surface area contributed by atoms with Crippen molar-refractivity contribution in [1.82, 2.24) is 9.97 Å². The van der Waals surface area contributed by atoms with Gasteiger partial charge >= 0.3 is 5.97 Å². The van der Waals surface area contributed by atoms with Crippen molar-refractivity contribution in [3.8, 4) is 34.1 Å². The normalized spacial score (nSPS) is 17.6. The average Bonchev–Trinajstić information content (AvgIpc) is 3.32. The Kier molecular flexibility index (Phi) is 7.84. The molecule has 2 atom stereocenters. The summed E-state index contributed by atoms with van der Waals surface area (Å²) < 4.78 is 29.5. The Bertz CT molecular complexity index is 1410. The lowest BCUT2D eigenvalue weighted by atomic mass is 9.94. The van der Waals surface area contributed by atoms with Crippen molar-refractivity contribution in [1.29, 1.82) is 0 Å². The highest BCUT2D eigenvalue weighted by atomic mass is 16.6. The number of benzene rings is 2. The van der Waals surface area contributed by atoms with Crippen LogP contribution in [0.4, 0.5) is 0 Å². The molecular weight excluding hydrogens is 496 g/mol. The van der Waals surface area contributed by atoms with E-state index in [0.29, 0.717) is 23.8 Å². The number of hydrogen-bond acceptors (Lipinski definition) is 8. The predicted molar refractivity (Wildman–Crippen MR) is 148 cm³/mol. The van der Waals surface area contributed by atoms with E-state index in [4.69, 9.17) is 23.4 Å². The zero-order chi connectivity index (χ0) is 27.4. The molecular formula is C31H34N2O6. The van der Waals surface area contributed by atoms with Crippen LogP contribution in [0.5, 0.6) is 11.6 Å². The van der Waals surface area contributed by atoms with Crippen LogP contribution in [0.1, 0.15) is 46.5 Å². The predicted octanol–water partition coefficient (Wildman–Crippen LogP) is 6.61. The molecule has 1 fully saturated rings. The summed E-state index contributed by atoms with van der Waals surface area (Å²) in [6.07, 6.45) is 4.53. The van der Waals surface area contributed by atoms with E-state index in [1.165, 1.54) is 6.33 Å². The van der Waals surface area contributed by atoms with Gasteiger partial charge in [-0.1, -0.05) is 42.5 Å². The van der Waals surface area contributed by atoms with Crippen LogP contribution in [0, 0.1) is 0 Å². The molecule has 0 amide bonds. The van der Waals surface area contributed by atoms with Gasteiger partial charge in [-0.05, 0) is 57.7 Å². The SMILES string of the molecule is COc1ccc(-c2c(-c3ccccc3)oc3ncnc(O[C@@H]4CCC[C@@H](OCC(=O)OC(C)(C)C)C4)c23)cc1. The second-order valence-electron chi connectivity index (χ2n) is 10.7. The summed E-state index contributed by atoms with van der Waals surface area (Å²) in [5, 5.41) is 0.721. The first-order valence-electron chi connectivity index (χ1n) is 13.3. The number of fused-ring (bicyclic) bond motifs is 1. The minimum Gasteiger partial charge on any atom is -0.497 e. The van der Waals surface area contributed by atoms with Gasteiger partial charge in [0.15, 0.2) is 0 Å². The first-order valence-corrected chi connectivity index (χ1v) is 13.3. The van der Waals surface area contributed by atoms with Gasteiger partial charge in [-0.15, -0.1) is 0 Å². The van der Waals surface area contributed by atoms with Crippen LogP contribution in [0.15, 0.2) is 65.3 Å². The van der Waals surface area contributed by atoms with Gasteiger partial charge < -0.3 is 23.4 Å². The molecule has 0 aliphatic heterocycles. The second-order valence-corrected chi connectivity index (χ2v) is 10.7. The highest BCUT2D eigenvalue weighted by Crippen LogP contribution is 2.44. The average molecular weight is 531 g/mol. The lowest BCUT2D eigenvalue weighted by Crippen LogP contribution is -2.33. The molecule has 2 aromatic heterocycles. The van der Waals surface area contributed by atoms with Crippen molar-refractivity contribution in [2.24, 2.45) is 0 Å². The minimum absolute atomic E-state index is 0.0732. The van der Waals surface area contributed by atoms with Gasteiger partial charge in [0.1, 0.15) is 41.5 Å². The Hall–Kier alpha value is -3.91. The summed E-state index contributed by atoms with van der Waals surface area (Å²) in [6, 6.07) is 17.8. The summed E-state index contributed by atoms with van der Waals surface area (Å²) in [5.41, 5.74) is 2.65. The third-order valence-electron chi connectivity index (χ3n) is 6.58. The molecule has 2 aromatic carbocycles. The molecule has 39 heavy (non-hydrogen) atoms. The smallest absolute Gasteiger partial charge is 0.332 e. The van der Waals surface area contributed by atoms with Crippen LogP contribution in [0.3, 0.4) is 0 Å². The second kappa shape index (κ2) is 11.5. The molecule has 4 aromatic rings. The topological polar surface area (TPSA) is 92.9 Å². The molecule has 1 aliphatic carbocycles. The number of methoxy groups -OCH3 is 1. The number of esters is 1. The largest absolute Gasteiger partial charge is 0.497 e. The summed E-state index contributed by atoms with van der Waals surface area (Å²) in [4.78, 5) is 21.1. The summed E-state index contributed by atoms with van der Waals surface area (Å²) >= 11 is 0. The monoisotopic (exact) mass is 530 g/mol. The van der Waals surface area contributed by atoms with Gasteiger partial charge in [0.05, 0.1) is 13.2 Å². The Labute approximate surface area is 228 Å². The molecule has 0 unspecified atom stereocenters. The van der Waals surface area contributed by atoms with Gasteiger partial charge in [-0.25, -0.2) is 14.8 Å². The molecule has 1 aliphatic rings. The number of ether oxygens (including phenoxy) is 4. The lowest BCUT2D eigenvalue weighted by molar-refractivity contribution is -0.163. The molecule has 5 rings (SSSR count). The molecule has 0 saturated heterocycles. The number of carbonyl (C=O) groups is 1. The molecule has 0 spiro atoms. The maximum Gasteiger partial charge on any atom is 0.332 e. The molecule has 0 bridgehead atoms. The third kappa shape index (κ3) is 6.40. The quantitative estimate of drug-likeness (QED) is 0.235. The number of hydrogen-bond donors (Lipinski definition) is 0. The van der Waals surface area contributed by atoms with E-state index >= 15 is 0 Å². The number of furan rings is 1. The van der Waals surface area contributed by atoms with Crippen LogP contribution in [0.2, 0.25) is 0 Å². The van der Waals surface area contributed by atoms with Crippen LogP contribution in [-0.2, 0) is 14.3 Å². The van der Waals surface area contributed by atoms with Gasteiger partial charge in [0.2, 0.25) is 11.6 Å². The number of nitrogens with zero attached hydrogens (tertiary/aromatic N) is 2. The standard InChI is InChI=1S/C31H34N2O6/c1-31(2,3)39-25(34)18-36-23-11-8-12-24(17-23)37-29-27-26(20-13-15-22(35-4)16-14-20)28(21-9-6-5-7-10-21)38-30(27)33-19-32-29/h5-7,9-10,13-16,19,23-24H,8,11-12,17-18H2,1-4H3/t23-,24-/m1/s1. The molecule has 204 valence electrons. The molecule has 8 heteroatoms. The zero-order valence-corrected chi connectivity index (χ0v) is 22.8. The van der Waals surface area contributed by atoms with Crippen molar-refractivity contribution >= 4 is 17.1 Å². The fourth-order valence-corrected chi connectivity index (χ4v) is 4.90. The third-order valence-corrected chi connectivity index (χ3v) is 6.58. The summed E-state index contributed by atoms with van der Waals surface area (Å²) in [5.74, 6) is 1.57. The Morgan fingerprint density at radius 1 is 0.974 bits per heavy atom. The van der Waals surface area contributed by atoms with Crippen molar-refractivity contribution in [3.63, 3.8) is 0 Å². The summed E-state index contributed by atoms with van der Waals surface area (Å²) in [6.45, 7) is 5.46. The van der Waals surface area contributed by atoms with Crippen molar-refractivity contribution in [2.75, 3.05) is 13.7 Å². The van der Waals surface area contributed by atoms with E-state index in [-0.39, 0.29) is 24.8 Å². The molecule has 0 radical (unpaired) electrons. The summed E-state index contributed by atoms with van der Waals surface area (Å²) in [7, 11) is 1.64. The van der Waals surface area contributed by atoms with Gasteiger partial charge in [0.25, 0.3) is 0 Å². The first-order chi connectivity index (χ1) is 18.8. The maximum atomic E-state index is 12.1. The Morgan fingerprint density at radius 2 is 1.72 bits per heavy atom. The van der Waals surface area contributed by atoms with E-state index in [1.807, 2.05) is 75.4 Å². The highest BCUT2D eigenvalue weighted by molar-refractivity contribution is 6.03. The van der Waals surface area contributed by atoms with E-state index in [2.05, 4.69) is 9.97 Å². The van der Waals surface area contributed by atoms with Crippen molar-refractivity contribution in [2.45, 2.75) is 64.3 Å². The lowest BCUT2D eigenvalue weighted by Gasteiger charge is -2.29. The molecule has 2 heterocycles. The zero-order valence-electron chi connectivity index (χ0n) is 22.8.